The predicted octanol–water partition coefficient (Wildman–Crippen LogP) is 3.78. The highest BCUT2D eigenvalue weighted by molar-refractivity contribution is 7.12. The molecule has 174 valence electrons. The van der Waals surface area contributed by atoms with E-state index in [9.17, 15) is 4.79 Å². The van der Waals surface area contributed by atoms with Crippen LogP contribution in [0, 0.1) is 0 Å². The van der Waals surface area contributed by atoms with Crippen LogP contribution < -0.4 is 4.74 Å². The molecule has 1 aromatic carbocycles. The number of thiophene rings is 1. The van der Waals surface area contributed by atoms with Crippen LogP contribution in [0.1, 0.15) is 26.6 Å². The van der Waals surface area contributed by atoms with Gasteiger partial charge in [-0.15, -0.1) is 17.9 Å². The van der Waals surface area contributed by atoms with Crippen molar-refractivity contribution in [2.24, 2.45) is 0 Å². The maximum atomic E-state index is 13.2. The first kappa shape index (κ1) is 23.2. The second kappa shape index (κ2) is 10.8. The van der Waals surface area contributed by atoms with Gasteiger partial charge in [-0.1, -0.05) is 24.3 Å². The molecule has 1 amide bonds. The summed E-state index contributed by atoms with van der Waals surface area (Å²) in [5, 5.41) is 6.95. The van der Waals surface area contributed by atoms with Gasteiger partial charge in [0.15, 0.2) is 0 Å². The average molecular weight is 467 g/mol. The maximum Gasteiger partial charge on any atom is 0.264 e. The molecule has 33 heavy (non-hydrogen) atoms. The molecule has 0 bridgehead atoms. The first-order chi connectivity index (χ1) is 16.2. The number of amides is 1. The van der Waals surface area contributed by atoms with Crippen LogP contribution in [0.2, 0.25) is 0 Å². The largest absolute Gasteiger partial charge is 0.494 e. The molecule has 0 fully saturated rings. The zero-order valence-electron chi connectivity index (χ0n) is 19.2. The Kier molecular flexibility index (Phi) is 7.59. The lowest BCUT2D eigenvalue weighted by molar-refractivity contribution is 0.0681. The summed E-state index contributed by atoms with van der Waals surface area (Å²) in [5.74, 6) is 0.773. The van der Waals surface area contributed by atoms with Crippen LogP contribution in [-0.2, 0) is 24.2 Å². The van der Waals surface area contributed by atoms with Gasteiger partial charge in [0.1, 0.15) is 11.4 Å². The van der Waals surface area contributed by atoms with E-state index in [0.29, 0.717) is 19.7 Å². The molecule has 3 heterocycles. The summed E-state index contributed by atoms with van der Waals surface area (Å²) >= 11 is 1.45. The number of aromatic nitrogens is 2. The third kappa shape index (κ3) is 5.03. The number of carbonyl (C=O) groups is 1. The van der Waals surface area contributed by atoms with Crippen molar-refractivity contribution in [1.82, 2.24) is 19.6 Å². The molecule has 2 aromatic heterocycles. The lowest BCUT2D eigenvalue weighted by atomic mass is 10.0. The predicted molar refractivity (Wildman–Crippen MR) is 130 cm³/mol. The molecule has 0 saturated heterocycles. The number of benzene rings is 1. The third-order valence-electron chi connectivity index (χ3n) is 5.85. The van der Waals surface area contributed by atoms with E-state index in [-0.39, 0.29) is 5.91 Å². The molecule has 0 radical (unpaired) electrons. The molecular formula is C25H30N4O3S. The molecule has 0 spiro atoms. The van der Waals surface area contributed by atoms with Crippen LogP contribution in [0.3, 0.4) is 0 Å². The third-order valence-corrected chi connectivity index (χ3v) is 6.70. The van der Waals surface area contributed by atoms with Crippen LogP contribution in [0.5, 0.6) is 5.75 Å². The van der Waals surface area contributed by atoms with Crippen LogP contribution in [0.15, 0.2) is 54.4 Å². The lowest BCUT2D eigenvalue weighted by Gasteiger charge is -2.27. The number of fused-ring (bicyclic) bond motifs is 1. The first-order valence-corrected chi connectivity index (χ1v) is 11.9. The van der Waals surface area contributed by atoms with Crippen LogP contribution >= 0.6 is 11.3 Å². The van der Waals surface area contributed by atoms with E-state index in [1.165, 1.54) is 22.6 Å². The minimum Gasteiger partial charge on any atom is -0.494 e. The number of nitrogens with zero attached hydrogens (tertiary/aromatic N) is 4. The highest BCUT2D eigenvalue weighted by Crippen LogP contribution is 2.30. The first-order valence-electron chi connectivity index (χ1n) is 11.0. The van der Waals surface area contributed by atoms with Crippen molar-refractivity contribution in [3.05, 3.63) is 76.3 Å². The SMILES string of the molecule is C=CCN1CCc2c(c(CN(CCOC)C(=O)c3cccs3)nn2-c2ccccc2OC)C1. The van der Waals surface area contributed by atoms with Crippen LogP contribution in [0.4, 0.5) is 0 Å². The van der Waals surface area contributed by atoms with Gasteiger partial charge in [0.25, 0.3) is 5.91 Å². The Balaban J connectivity index is 1.73. The van der Waals surface area contributed by atoms with E-state index >= 15 is 0 Å². The van der Waals surface area contributed by atoms with Gasteiger partial charge in [-0.2, -0.15) is 5.10 Å². The second-order valence-corrected chi connectivity index (χ2v) is 8.87. The van der Waals surface area contributed by atoms with E-state index in [1.54, 1.807) is 14.2 Å². The van der Waals surface area contributed by atoms with E-state index in [4.69, 9.17) is 14.6 Å². The minimum atomic E-state index is 0.00130. The molecule has 7 nitrogen and oxygen atoms in total. The molecule has 4 rings (SSSR count). The zero-order valence-corrected chi connectivity index (χ0v) is 20.0. The molecule has 1 aliphatic heterocycles. The number of carbonyl (C=O) groups excluding carboxylic acids is 1. The Morgan fingerprint density at radius 3 is 2.85 bits per heavy atom. The van der Waals surface area contributed by atoms with Crippen molar-refractivity contribution in [2.45, 2.75) is 19.5 Å². The second-order valence-electron chi connectivity index (χ2n) is 7.93. The summed E-state index contributed by atoms with van der Waals surface area (Å²) in [6.45, 7) is 7.81. The van der Waals surface area contributed by atoms with E-state index in [1.807, 2.05) is 57.4 Å². The molecule has 0 N–H and O–H groups in total. The zero-order chi connectivity index (χ0) is 23.2. The normalized spacial score (nSPS) is 13.5. The number of rotatable bonds is 10. The Morgan fingerprint density at radius 1 is 1.27 bits per heavy atom. The van der Waals surface area contributed by atoms with Gasteiger partial charge < -0.3 is 14.4 Å². The summed E-state index contributed by atoms with van der Waals surface area (Å²) in [4.78, 5) is 18.1. The number of methoxy groups -OCH3 is 2. The number of ether oxygens (including phenoxy) is 2. The van der Waals surface area contributed by atoms with Gasteiger partial charge in [-0.25, -0.2) is 4.68 Å². The number of para-hydroxylation sites is 2. The van der Waals surface area contributed by atoms with Gasteiger partial charge in [0.2, 0.25) is 0 Å². The van der Waals surface area contributed by atoms with Crippen molar-refractivity contribution in [3.8, 4) is 11.4 Å². The van der Waals surface area contributed by atoms with Gasteiger partial charge in [0, 0.05) is 45.3 Å². The monoisotopic (exact) mass is 466 g/mol. The van der Waals surface area contributed by atoms with Gasteiger partial charge >= 0.3 is 0 Å². The van der Waals surface area contributed by atoms with Gasteiger partial charge in [0.05, 0.1) is 36.5 Å². The molecule has 0 saturated carbocycles. The standard InChI is InChI=1S/C25H30N4O3S/c1-4-12-27-13-11-21-19(17-27)20(26-29(21)22-8-5-6-9-23(22)32-3)18-28(14-15-31-2)25(30)24-10-7-16-33-24/h4-10,16H,1,11-15,17-18H2,2-3H3. The van der Waals surface area contributed by atoms with Crippen molar-refractivity contribution in [1.29, 1.82) is 0 Å². The summed E-state index contributed by atoms with van der Waals surface area (Å²) in [6, 6.07) is 11.7. The van der Waals surface area contributed by atoms with E-state index < -0.39 is 0 Å². The average Bonchev–Trinajstić information content (AvgIpc) is 3.50. The Morgan fingerprint density at radius 2 is 2.12 bits per heavy atom. The van der Waals surface area contributed by atoms with Gasteiger partial charge in [-0.3, -0.25) is 9.69 Å². The summed E-state index contributed by atoms with van der Waals surface area (Å²) < 4.78 is 12.9. The molecule has 8 heteroatoms. The molecular weight excluding hydrogens is 436 g/mol. The van der Waals surface area contributed by atoms with E-state index in [2.05, 4.69) is 11.5 Å². The molecule has 0 aliphatic carbocycles. The topological polar surface area (TPSA) is 59.8 Å². The highest BCUT2D eigenvalue weighted by Gasteiger charge is 2.28. The van der Waals surface area contributed by atoms with Crippen molar-refractivity contribution >= 4 is 17.2 Å². The Hall–Kier alpha value is -2.94. The fourth-order valence-corrected chi connectivity index (χ4v) is 4.89. The Labute approximate surface area is 198 Å². The lowest BCUT2D eigenvalue weighted by Crippen LogP contribution is -2.35. The fourth-order valence-electron chi connectivity index (χ4n) is 4.20. The highest BCUT2D eigenvalue weighted by atomic mass is 32.1. The molecule has 3 aromatic rings. The summed E-state index contributed by atoms with van der Waals surface area (Å²) in [5.41, 5.74) is 4.17. The Bertz CT molecular complexity index is 1090. The summed E-state index contributed by atoms with van der Waals surface area (Å²) in [7, 11) is 3.33. The van der Waals surface area contributed by atoms with Crippen molar-refractivity contribution in [3.63, 3.8) is 0 Å². The molecule has 0 atom stereocenters. The molecule has 1 aliphatic rings. The fraction of sp³-hybridized carbons (Fsp3) is 0.360. The molecule has 0 unspecified atom stereocenters. The number of hydrogen-bond donors (Lipinski definition) is 0. The van der Waals surface area contributed by atoms with Crippen LogP contribution in [0.25, 0.3) is 5.69 Å². The van der Waals surface area contributed by atoms with Crippen LogP contribution in [-0.4, -0.2) is 65.9 Å². The maximum absolute atomic E-state index is 13.2. The van der Waals surface area contributed by atoms with Crippen molar-refractivity contribution in [2.75, 3.05) is 40.5 Å². The minimum absolute atomic E-state index is 0.00130. The quantitative estimate of drug-likeness (QED) is 0.426. The van der Waals surface area contributed by atoms with Crippen molar-refractivity contribution < 1.29 is 14.3 Å². The van der Waals surface area contributed by atoms with E-state index in [0.717, 1.165) is 48.1 Å². The smallest absolute Gasteiger partial charge is 0.264 e. The summed E-state index contributed by atoms with van der Waals surface area (Å²) in [6.07, 6.45) is 2.80. The number of hydrogen-bond acceptors (Lipinski definition) is 6. The van der Waals surface area contributed by atoms with Gasteiger partial charge in [-0.05, 0) is 23.6 Å².